The topological polar surface area (TPSA) is 41.1 Å². The molecule has 1 saturated carbocycles. The second kappa shape index (κ2) is 2.73. The Hall–Kier alpha value is -0.570. The fraction of sp³-hybridized carbons (Fsp3) is 0.889. The molecule has 1 unspecified atom stereocenters. The molecule has 1 atom stereocenters. The Morgan fingerprint density at radius 2 is 2.17 bits per heavy atom. The number of hydrogen-bond acceptors (Lipinski definition) is 2. The number of amides is 1. The van der Waals surface area contributed by atoms with Gasteiger partial charge < -0.3 is 10.6 Å². The molecule has 2 aliphatic rings. The molecule has 3 heteroatoms. The first-order valence-electron chi connectivity index (χ1n) is 4.71. The van der Waals surface area contributed by atoms with Crippen LogP contribution in [0.2, 0.25) is 0 Å². The predicted octanol–water partition coefficient (Wildman–Crippen LogP) is 0.122. The van der Waals surface area contributed by atoms with E-state index in [1.807, 2.05) is 0 Å². The summed E-state index contributed by atoms with van der Waals surface area (Å²) >= 11 is 0. The Morgan fingerprint density at radius 3 is 2.75 bits per heavy atom. The third-order valence-electron chi connectivity index (χ3n) is 3.35. The van der Waals surface area contributed by atoms with Crippen molar-refractivity contribution in [1.82, 2.24) is 10.6 Å². The molecule has 0 radical (unpaired) electrons. The van der Waals surface area contributed by atoms with Crippen molar-refractivity contribution in [2.45, 2.75) is 19.3 Å². The molecule has 1 amide bonds. The van der Waals surface area contributed by atoms with Gasteiger partial charge in [-0.1, -0.05) is 0 Å². The zero-order valence-corrected chi connectivity index (χ0v) is 7.52. The van der Waals surface area contributed by atoms with Gasteiger partial charge in [0.25, 0.3) is 0 Å². The minimum absolute atomic E-state index is 0.247. The second-order valence-corrected chi connectivity index (χ2v) is 3.98. The molecule has 3 nitrogen and oxygen atoms in total. The molecule has 1 heterocycles. The monoisotopic (exact) mass is 168 g/mol. The van der Waals surface area contributed by atoms with E-state index in [0.717, 1.165) is 19.5 Å². The van der Waals surface area contributed by atoms with Gasteiger partial charge in [-0.2, -0.15) is 0 Å². The highest BCUT2D eigenvalue weighted by atomic mass is 16.2. The summed E-state index contributed by atoms with van der Waals surface area (Å²) in [7, 11) is 1.73. The SMILES string of the molecule is CNC(=O)C1CC12CCNCC2. The standard InChI is InChI=1S/C9H16N2O/c1-10-8(12)7-6-9(7)2-4-11-5-3-9/h7,11H,2-6H2,1H3,(H,10,12). The highest BCUT2D eigenvalue weighted by Gasteiger charge is 2.57. The van der Waals surface area contributed by atoms with Crippen molar-refractivity contribution in [3.05, 3.63) is 0 Å². The number of carbonyl (C=O) groups excluding carboxylic acids is 1. The molecular formula is C9H16N2O. The number of hydrogen-bond donors (Lipinski definition) is 2. The summed E-state index contributed by atoms with van der Waals surface area (Å²) < 4.78 is 0. The van der Waals surface area contributed by atoms with Crippen LogP contribution in [0.4, 0.5) is 0 Å². The average Bonchev–Trinajstić information content (AvgIpc) is 2.80. The Balaban J connectivity index is 1.95. The largest absolute Gasteiger partial charge is 0.359 e. The molecular weight excluding hydrogens is 152 g/mol. The van der Waals surface area contributed by atoms with Crippen LogP contribution in [0.1, 0.15) is 19.3 Å². The smallest absolute Gasteiger partial charge is 0.223 e. The van der Waals surface area contributed by atoms with Gasteiger partial charge in [-0.05, 0) is 37.8 Å². The molecule has 0 bridgehead atoms. The average molecular weight is 168 g/mol. The maximum absolute atomic E-state index is 11.3. The molecule has 1 aliphatic heterocycles. The first kappa shape index (κ1) is 8.05. The third kappa shape index (κ3) is 1.12. The van der Waals surface area contributed by atoms with Gasteiger partial charge in [0.05, 0.1) is 0 Å². The number of carbonyl (C=O) groups is 1. The zero-order chi connectivity index (χ0) is 8.60. The first-order chi connectivity index (χ1) is 5.78. The van der Waals surface area contributed by atoms with Crippen LogP contribution in [0.15, 0.2) is 0 Å². The lowest BCUT2D eigenvalue weighted by molar-refractivity contribution is -0.122. The zero-order valence-electron chi connectivity index (χ0n) is 7.52. The van der Waals surface area contributed by atoms with E-state index in [0.29, 0.717) is 11.3 Å². The minimum atomic E-state index is 0.247. The van der Waals surface area contributed by atoms with Crippen molar-refractivity contribution in [3.63, 3.8) is 0 Å². The van der Waals surface area contributed by atoms with Crippen molar-refractivity contribution in [3.8, 4) is 0 Å². The lowest BCUT2D eigenvalue weighted by Gasteiger charge is -2.22. The van der Waals surface area contributed by atoms with Crippen LogP contribution in [0.5, 0.6) is 0 Å². The van der Waals surface area contributed by atoms with Crippen LogP contribution in [0, 0.1) is 11.3 Å². The molecule has 1 aliphatic carbocycles. The predicted molar refractivity (Wildman–Crippen MR) is 46.7 cm³/mol. The summed E-state index contributed by atoms with van der Waals surface area (Å²) in [6.45, 7) is 2.18. The fourth-order valence-corrected chi connectivity index (χ4v) is 2.37. The number of nitrogens with one attached hydrogen (secondary N) is 2. The van der Waals surface area contributed by atoms with Gasteiger partial charge in [0.15, 0.2) is 0 Å². The van der Waals surface area contributed by atoms with Crippen LogP contribution in [0.25, 0.3) is 0 Å². The summed E-state index contributed by atoms with van der Waals surface area (Å²) in [5, 5.41) is 6.07. The van der Waals surface area contributed by atoms with Gasteiger partial charge >= 0.3 is 0 Å². The van der Waals surface area contributed by atoms with Crippen molar-refractivity contribution in [1.29, 1.82) is 0 Å². The molecule has 2 rings (SSSR count). The van der Waals surface area contributed by atoms with E-state index in [-0.39, 0.29) is 5.91 Å². The van der Waals surface area contributed by atoms with Crippen molar-refractivity contribution >= 4 is 5.91 Å². The maximum atomic E-state index is 11.3. The van der Waals surface area contributed by atoms with Crippen LogP contribution in [-0.4, -0.2) is 26.0 Å². The summed E-state index contributed by atoms with van der Waals surface area (Å²) in [6.07, 6.45) is 3.49. The van der Waals surface area contributed by atoms with E-state index >= 15 is 0 Å². The van der Waals surface area contributed by atoms with Crippen LogP contribution in [0.3, 0.4) is 0 Å². The quantitative estimate of drug-likeness (QED) is 0.584. The number of piperidine rings is 1. The maximum Gasteiger partial charge on any atom is 0.223 e. The van der Waals surface area contributed by atoms with E-state index in [1.165, 1.54) is 12.8 Å². The van der Waals surface area contributed by atoms with E-state index in [1.54, 1.807) is 7.05 Å². The van der Waals surface area contributed by atoms with Crippen LogP contribution >= 0.6 is 0 Å². The lowest BCUT2D eigenvalue weighted by Crippen LogP contribution is -2.32. The van der Waals surface area contributed by atoms with Gasteiger partial charge in [0.1, 0.15) is 0 Å². The minimum Gasteiger partial charge on any atom is -0.359 e. The highest BCUT2D eigenvalue weighted by molar-refractivity contribution is 5.82. The fourth-order valence-electron chi connectivity index (χ4n) is 2.37. The molecule has 68 valence electrons. The highest BCUT2D eigenvalue weighted by Crippen LogP contribution is 2.58. The van der Waals surface area contributed by atoms with Gasteiger partial charge in [0.2, 0.25) is 5.91 Å². The summed E-state index contributed by atoms with van der Waals surface area (Å²) in [5.74, 6) is 0.571. The van der Waals surface area contributed by atoms with Crippen molar-refractivity contribution in [2.24, 2.45) is 11.3 Å². The summed E-state index contributed by atoms with van der Waals surface area (Å²) in [5.41, 5.74) is 0.394. The van der Waals surface area contributed by atoms with Crippen LogP contribution < -0.4 is 10.6 Å². The lowest BCUT2D eigenvalue weighted by atomic mass is 9.92. The van der Waals surface area contributed by atoms with Gasteiger partial charge in [-0.25, -0.2) is 0 Å². The Bertz CT molecular complexity index is 197. The van der Waals surface area contributed by atoms with E-state index in [9.17, 15) is 4.79 Å². The molecule has 1 saturated heterocycles. The Morgan fingerprint density at radius 1 is 1.50 bits per heavy atom. The Kier molecular flexibility index (Phi) is 1.83. The van der Waals surface area contributed by atoms with E-state index < -0.39 is 0 Å². The molecule has 2 fully saturated rings. The molecule has 2 N–H and O–H groups in total. The molecule has 0 aromatic heterocycles. The molecule has 1 spiro atoms. The second-order valence-electron chi connectivity index (χ2n) is 3.98. The third-order valence-corrected chi connectivity index (χ3v) is 3.35. The Labute approximate surface area is 72.9 Å². The molecule has 0 aromatic rings. The van der Waals surface area contributed by atoms with E-state index in [4.69, 9.17) is 0 Å². The van der Waals surface area contributed by atoms with Crippen molar-refractivity contribution in [2.75, 3.05) is 20.1 Å². The summed E-state index contributed by atoms with van der Waals surface area (Å²) in [6, 6.07) is 0. The van der Waals surface area contributed by atoms with Gasteiger partial charge in [-0.15, -0.1) is 0 Å². The molecule has 0 aromatic carbocycles. The van der Waals surface area contributed by atoms with Gasteiger partial charge in [-0.3, -0.25) is 4.79 Å². The normalized spacial score (nSPS) is 31.6. The summed E-state index contributed by atoms with van der Waals surface area (Å²) in [4.78, 5) is 11.3. The van der Waals surface area contributed by atoms with Crippen molar-refractivity contribution < 1.29 is 4.79 Å². The number of rotatable bonds is 1. The van der Waals surface area contributed by atoms with Crippen LogP contribution in [-0.2, 0) is 4.79 Å². The van der Waals surface area contributed by atoms with E-state index in [2.05, 4.69) is 10.6 Å². The van der Waals surface area contributed by atoms with Gasteiger partial charge in [0, 0.05) is 13.0 Å². The first-order valence-corrected chi connectivity index (χ1v) is 4.71. The molecule has 12 heavy (non-hydrogen) atoms.